The van der Waals surface area contributed by atoms with Gasteiger partial charge in [0.05, 0.1) is 25.1 Å². The predicted molar refractivity (Wildman–Crippen MR) is 107 cm³/mol. The van der Waals surface area contributed by atoms with Crippen LogP contribution in [0, 0.1) is 0 Å². The third-order valence-corrected chi connectivity index (χ3v) is 5.00. The summed E-state index contributed by atoms with van der Waals surface area (Å²) in [7, 11) is 1.63. The number of nitrogens with zero attached hydrogens (tertiary/aromatic N) is 3. The number of benzene rings is 1. The molecule has 0 saturated carbocycles. The molecular weight excluding hydrogens is 374 g/mol. The molecule has 1 aromatic carbocycles. The molecule has 0 aliphatic carbocycles. The quantitative estimate of drug-likeness (QED) is 0.632. The van der Waals surface area contributed by atoms with Gasteiger partial charge in [0.15, 0.2) is 6.23 Å². The SMILES string of the molecule is CCOC(=O)OC1CC(n2cc(-c3ccc(OC)cc3)c3c(N)ncnc32)CN1. The summed E-state index contributed by atoms with van der Waals surface area (Å²) in [5.41, 5.74) is 8.87. The van der Waals surface area contributed by atoms with Crippen molar-refractivity contribution in [2.24, 2.45) is 0 Å². The van der Waals surface area contributed by atoms with Crippen LogP contribution in [-0.4, -0.2) is 47.2 Å². The van der Waals surface area contributed by atoms with Crippen molar-refractivity contribution in [1.29, 1.82) is 0 Å². The zero-order valence-electron chi connectivity index (χ0n) is 16.3. The number of hydrogen-bond acceptors (Lipinski definition) is 8. The van der Waals surface area contributed by atoms with Gasteiger partial charge < -0.3 is 24.5 Å². The second-order valence-corrected chi connectivity index (χ2v) is 6.72. The Morgan fingerprint density at radius 3 is 2.83 bits per heavy atom. The summed E-state index contributed by atoms with van der Waals surface area (Å²) in [6, 6.07) is 7.80. The third kappa shape index (κ3) is 3.68. The van der Waals surface area contributed by atoms with E-state index in [0.29, 0.717) is 18.8 Å². The molecule has 2 atom stereocenters. The lowest BCUT2D eigenvalue weighted by Crippen LogP contribution is -2.27. The highest BCUT2D eigenvalue weighted by Crippen LogP contribution is 2.36. The number of nitrogens with two attached hydrogens (primary N) is 1. The number of ether oxygens (including phenoxy) is 3. The normalized spacial score (nSPS) is 18.7. The highest BCUT2D eigenvalue weighted by atomic mass is 16.7. The van der Waals surface area contributed by atoms with E-state index < -0.39 is 12.4 Å². The van der Waals surface area contributed by atoms with Gasteiger partial charge in [-0.05, 0) is 24.6 Å². The second kappa shape index (κ2) is 7.96. The molecule has 3 N–H and O–H groups in total. The Morgan fingerprint density at radius 2 is 2.10 bits per heavy atom. The molecule has 9 heteroatoms. The van der Waals surface area contributed by atoms with Crippen LogP contribution >= 0.6 is 0 Å². The van der Waals surface area contributed by atoms with Crippen LogP contribution in [0.15, 0.2) is 36.8 Å². The molecular formula is C20H23N5O4. The largest absolute Gasteiger partial charge is 0.509 e. The minimum Gasteiger partial charge on any atom is -0.497 e. The first-order valence-corrected chi connectivity index (χ1v) is 9.43. The fourth-order valence-corrected chi connectivity index (χ4v) is 3.63. The number of nitrogens with one attached hydrogen (secondary N) is 1. The number of fused-ring (bicyclic) bond motifs is 1. The third-order valence-electron chi connectivity index (χ3n) is 5.00. The van der Waals surface area contributed by atoms with Crippen LogP contribution in [0.3, 0.4) is 0 Å². The first kappa shape index (κ1) is 19.0. The lowest BCUT2D eigenvalue weighted by molar-refractivity contribution is 0.0205. The molecule has 1 saturated heterocycles. The van der Waals surface area contributed by atoms with Crippen LogP contribution in [0.4, 0.5) is 10.6 Å². The van der Waals surface area contributed by atoms with Crippen molar-refractivity contribution < 1.29 is 19.0 Å². The summed E-state index contributed by atoms with van der Waals surface area (Å²) in [4.78, 5) is 20.2. The van der Waals surface area contributed by atoms with E-state index in [-0.39, 0.29) is 12.6 Å². The van der Waals surface area contributed by atoms with E-state index in [2.05, 4.69) is 19.9 Å². The van der Waals surface area contributed by atoms with Gasteiger partial charge in [-0.3, -0.25) is 5.32 Å². The molecule has 0 spiro atoms. The number of carbonyl (C=O) groups is 1. The Balaban J connectivity index is 1.67. The van der Waals surface area contributed by atoms with Crippen LogP contribution in [0.25, 0.3) is 22.2 Å². The topological polar surface area (TPSA) is 114 Å². The van der Waals surface area contributed by atoms with Gasteiger partial charge >= 0.3 is 6.16 Å². The summed E-state index contributed by atoms with van der Waals surface area (Å²) in [5.74, 6) is 1.20. The van der Waals surface area contributed by atoms with Crippen LogP contribution in [0.2, 0.25) is 0 Å². The van der Waals surface area contributed by atoms with Crippen LogP contribution in [0.5, 0.6) is 5.75 Å². The van der Waals surface area contributed by atoms with Gasteiger partial charge in [-0.25, -0.2) is 14.8 Å². The lowest BCUT2D eigenvalue weighted by Gasteiger charge is -2.13. The fraction of sp³-hybridized carbons (Fsp3) is 0.350. The highest BCUT2D eigenvalue weighted by molar-refractivity contribution is 6.00. The Bertz CT molecular complexity index is 1020. The molecule has 4 rings (SSSR count). The number of carbonyl (C=O) groups excluding carboxylic acids is 1. The molecule has 0 amide bonds. The van der Waals surface area contributed by atoms with Gasteiger partial charge in [-0.15, -0.1) is 0 Å². The van der Waals surface area contributed by atoms with Crippen molar-refractivity contribution in [3.8, 4) is 16.9 Å². The molecule has 0 bridgehead atoms. The average molecular weight is 397 g/mol. The standard InChI is InChI=1S/C20H23N5O4/c1-3-28-20(26)29-16-8-13(9-22-16)25-10-15(12-4-6-14(27-2)7-5-12)17-18(21)23-11-24-19(17)25/h4-7,10-11,13,16,22H,3,8-9H2,1-2H3,(H2,21,23,24). The van der Waals surface area contributed by atoms with Crippen molar-refractivity contribution in [1.82, 2.24) is 19.9 Å². The van der Waals surface area contributed by atoms with Gasteiger partial charge in [0.25, 0.3) is 0 Å². The number of nitrogen functional groups attached to an aromatic ring is 1. The first-order chi connectivity index (χ1) is 14.1. The van der Waals surface area contributed by atoms with Crippen molar-refractivity contribution in [2.75, 3.05) is 26.0 Å². The summed E-state index contributed by atoms with van der Waals surface area (Å²) in [6.45, 7) is 2.64. The van der Waals surface area contributed by atoms with Gasteiger partial charge in [-0.2, -0.15) is 0 Å². The second-order valence-electron chi connectivity index (χ2n) is 6.72. The number of anilines is 1. The molecule has 3 aromatic rings. The number of methoxy groups -OCH3 is 1. The van der Waals surface area contributed by atoms with Crippen molar-refractivity contribution in [3.05, 3.63) is 36.8 Å². The molecule has 3 heterocycles. The van der Waals surface area contributed by atoms with Crippen molar-refractivity contribution >= 4 is 23.0 Å². The molecule has 29 heavy (non-hydrogen) atoms. The number of rotatable bonds is 5. The molecule has 2 aromatic heterocycles. The summed E-state index contributed by atoms with van der Waals surface area (Å²) < 4.78 is 17.5. The number of aromatic nitrogens is 3. The monoisotopic (exact) mass is 397 g/mol. The van der Waals surface area contributed by atoms with E-state index in [9.17, 15) is 4.79 Å². The zero-order chi connectivity index (χ0) is 20.4. The van der Waals surface area contributed by atoms with E-state index >= 15 is 0 Å². The van der Waals surface area contributed by atoms with E-state index in [1.54, 1.807) is 14.0 Å². The molecule has 9 nitrogen and oxygen atoms in total. The smallest absolute Gasteiger partial charge is 0.497 e. The van der Waals surface area contributed by atoms with E-state index in [4.69, 9.17) is 19.9 Å². The molecule has 1 aliphatic heterocycles. The van der Waals surface area contributed by atoms with E-state index in [1.165, 1.54) is 6.33 Å². The number of hydrogen-bond donors (Lipinski definition) is 2. The fourth-order valence-electron chi connectivity index (χ4n) is 3.63. The maximum Gasteiger partial charge on any atom is 0.509 e. The Morgan fingerprint density at radius 1 is 1.31 bits per heavy atom. The van der Waals surface area contributed by atoms with Gasteiger partial charge in [-0.1, -0.05) is 12.1 Å². The summed E-state index contributed by atoms with van der Waals surface area (Å²) in [5, 5.41) is 4.00. The van der Waals surface area contributed by atoms with Gasteiger partial charge in [0, 0.05) is 24.7 Å². The maximum atomic E-state index is 11.6. The maximum absolute atomic E-state index is 11.6. The molecule has 1 aliphatic rings. The summed E-state index contributed by atoms with van der Waals surface area (Å²) in [6.07, 6.45) is 2.99. The van der Waals surface area contributed by atoms with Crippen LogP contribution in [0.1, 0.15) is 19.4 Å². The minimum atomic E-state index is -0.673. The van der Waals surface area contributed by atoms with Gasteiger partial charge in [0.2, 0.25) is 0 Å². The van der Waals surface area contributed by atoms with E-state index in [1.807, 2.05) is 30.5 Å². The Hall–Kier alpha value is -3.33. The molecule has 1 fully saturated rings. The van der Waals surface area contributed by atoms with E-state index in [0.717, 1.165) is 27.9 Å². The average Bonchev–Trinajstić information content (AvgIpc) is 3.33. The molecule has 152 valence electrons. The van der Waals surface area contributed by atoms with Crippen LogP contribution in [-0.2, 0) is 9.47 Å². The summed E-state index contributed by atoms with van der Waals surface area (Å²) >= 11 is 0. The van der Waals surface area contributed by atoms with Crippen LogP contribution < -0.4 is 15.8 Å². The Labute approximate surface area is 167 Å². The van der Waals surface area contributed by atoms with Crippen molar-refractivity contribution in [2.45, 2.75) is 25.6 Å². The lowest BCUT2D eigenvalue weighted by atomic mass is 10.1. The molecule has 0 radical (unpaired) electrons. The zero-order valence-corrected chi connectivity index (χ0v) is 16.3. The minimum absolute atomic E-state index is 0.0400. The molecule has 2 unspecified atom stereocenters. The predicted octanol–water partition coefficient (Wildman–Crippen LogP) is 2.72. The Kier molecular flexibility index (Phi) is 5.22. The van der Waals surface area contributed by atoms with Crippen molar-refractivity contribution in [3.63, 3.8) is 0 Å². The van der Waals surface area contributed by atoms with Gasteiger partial charge in [0.1, 0.15) is 23.5 Å². The first-order valence-electron chi connectivity index (χ1n) is 9.43. The highest BCUT2D eigenvalue weighted by Gasteiger charge is 2.30.